The zero-order valence-corrected chi connectivity index (χ0v) is 20.3. The van der Waals surface area contributed by atoms with Gasteiger partial charge in [0.2, 0.25) is 11.8 Å². The summed E-state index contributed by atoms with van der Waals surface area (Å²) in [5.41, 5.74) is 1.91. The number of hydrogen-bond acceptors (Lipinski definition) is 5. The highest BCUT2D eigenvalue weighted by Gasteiger charge is 2.61. The molecular weight excluding hydrogens is 466 g/mol. The lowest BCUT2D eigenvalue weighted by Gasteiger charge is -2.26. The Balaban J connectivity index is 1.30. The summed E-state index contributed by atoms with van der Waals surface area (Å²) in [6.07, 6.45) is 3.87. The molecule has 1 saturated heterocycles. The molecule has 184 valence electrons. The van der Waals surface area contributed by atoms with E-state index in [0.717, 1.165) is 40.3 Å². The van der Waals surface area contributed by atoms with Gasteiger partial charge in [-0.3, -0.25) is 4.57 Å². The van der Waals surface area contributed by atoms with Crippen LogP contribution in [0.2, 0.25) is 0 Å². The van der Waals surface area contributed by atoms with Gasteiger partial charge in [-0.25, -0.2) is 0 Å². The van der Waals surface area contributed by atoms with Crippen molar-refractivity contribution in [2.45, 2.75) is 37.4 Å². The Bertz CT molecular complexity index is 1760. The van der Waals surface area contributed by atoms with Crippen LogP contribution in [0.5, 0.6) is 17.5 Å². The monoisotopic (exact) mass is 491 g/mol. The van der Waals surface area contributed by atoms with Crippen molar-refractivity contribution < 1.29 is 19.7 Å². The van der Waals surface area contributed by atoms with Crippen LogP contribution >= 0.6 is 0 Å². The summed E-state index contributed by atoms with van der Waals surface area (Å²) in [4.78, 5) is 3.23. The number of nitriles is 1. The van der Waals surface area contributed by atoms with E-state index in [-0.39, 0.29) is 11.8 Å². The molecule has 37 heavy (non-hydrogen) atoms. The molecule has 0 aliphatic carbocycles. The summed E-state index contributed by atoms with van der Waals surface area (Å²) in [6.45, 7) is 2.36. The molecule has 1 fully saturated rings. The van der Waals surface area contributed by atoms with Crippen LogP contribution < -0.4 is 4.74 Å². The van der Waals surface area contributed by atoms with Crippen molar-refractivity contribution in [2.75, 3.05) is 6.61 Å². The third-order valence-electron chi connectivity index (χ3n) is 8.11. The quantitative estimate of drug-likeness (QED) is 0.276. The molecular formula is C30H25N3O4. The molecule has 2 aliphatic heterocycles. The summed E-state index contributed by atoms with van der Waals surface area (Å²) in [5.74, 6) is 0.715. The van der Waals surface area contributed by atoms with Crippen LogP contribution in [0.25, 0.3) is 27.4 Å². The first kappa shape index (κ1) is 21.8. The smallest absolute Gasteiger partial charge is 0.205 e. The number of para-hydroxylation sites is 1. The van der Waals surface area contributed by atoms with Gasteiger partial charge in [0.15, 0.2) is 0 Å². The maximum Gasteiger partial charge on any atom is 0.205 e. The van der Waals surface area contributed by atoms with Crippen molar-refractivity contribution >= 4 is 21.7 Å². The van der Waals surface area contributed by atoms with Crippen LogP contribution in [0.4, 0.5) is 0 Å². The molecule has 2 atom stereocenters. The molecule has 0 radical (unpaired) electrons. The second-order valence-electron chi connectivity index (χ2n) is 10.1. The molecule has 5 aromatic rings. The maximum atomic E-state index is 11.6. The van der Waals surface area contributed by atoms with E-state index >= 15 is 0 Å². The van der Waals surface area contributed by atoms with Crippen molar-refractivity contribution in [3.8, 4) is 29.3 Å². The summed E-state index contributed by atoms with van der Waals surface area (Å²) in [7, 11) is 0. The van der Waals surface area contributed by atoms with Gasteiger partial charge in [0, 0.05) is 28.8 Å². The molecule has 0 amide bonds. The van der Waals surface area contributed by atoms with E-state index < -0.39 is 11.2 Å². The minimum absolute atomic E-state index is 0.0245. The zero-order valence-electron chi connectivity index (χ0n) is 20.3. The highest BCUT2D eigenvalue weighted by atomic mass is 16.5. The first-order valence-corrected chi connectivity index (χ1v) is 12.4. The van der Waals surface area contributed by atoms with Crippen molar-refractivity contribution in [3.63, 3.8) is 0 Å². The highest BCUT2D eigenvalue weighted by Crippen LogP contribution is 2.65. The number of aromatic nitrogens is 2. The normalized spacial score (nSPS) is 21.9. The van der Waals surface area contributed by atoms with E-state index in [1.165, 1.54) is 4.57 Å². The number of fused-ring (bicyclic) bond motifs is 7. The molecule has 0 saturated carbocycles. The van der Waals surface area contributed by atoms with Crippen LogP contribution in [0.1, 0.15) is 42.9 Å². The second-order valence-corrected chi connectivity index (χ2v) is 10.1. The average molecular weight is 492 g/mol. The van der Waals surface area contributed by atoms with Crippen LogP contribution in [-0.4, -0.2) is 26.4 Å². The molecule has 3 aromatic carbocycles. The molecule has 7 heteroatoms. The fourth-order valence-corrected chi connectivity index (χ4v) is 6.41. The number of aromatic amines is 1. The van der Waals surface area contributed by atoms with Crippen LogP contribution in [0.3, 0.4) is 0 Å². The fourth-order valence-electron chi connectivity index (χ4n) is 6.41. The number of hydrogen-bond donors (Lipinski definition) is 3. The molecule has 7 nitrogen and oxygen atoms in total. The van der Waals surface area contributed by atoms with Gasteiger partial charge in [-0.2, -0.15) is 5.26 Å². The molecule has 7 rings (SSSR count). The van der Waals surface area contributed by atoms with E-state index in [1.807, 2.05) is 61.7 Å². The fraction of sp³-hybridized carbons (Fsp3) is 0.233. The van der Waals surface area contributed by atoms with Crippen molar-refractivity contribution in [1.29, 1.82) is 5.26 Å². The van der Waals surface area contributed by atoms with Crippen LogP contribution in [0, 0.1) is 11.3 Å². The number of benzene rings is 3. The molecule has 0 unspecified atom stereocenters. The van der Waals surface area contributed by atoms with Gasteiger partial charge < -0.3 is 24.7 Å². The topological polar surface area (TPSA) is 103 Å². The Morgan fingerprint density at radius 3 is 2.65 bits per heavy atom. The number of ether oxygens (including phenoxy) is 2. The highest BCUT2D eigenvalue weighted by molar-refractivity contribution is 5.95. The molecule has 3 N–H and O–H groups in total. The van der Waals surface area contributed by atoms with Gasteiger partial charge in [-0.1, -0.05) is 36.4 Å². The summed E-state index contributed by atoms with van der Waals surface area (Å²) >= 11 is 0. The minimum atomic E-state index is -0.761. The van der Waals surface area contributed by atoms with Gasteiger partial charge in [-0.15, -0.1) is 0 Å². The third-order valence-corrected chi connectivity index (χ3v) is 8.11. The van der Waals surface area contributed by atoms with Gasteiger partial charge >= 0.3 is 0 Å². The second kappa shape index (κ2) is 7.55. The Kier molecular flexibility index (Phi) is 4.45. The lowest BCUT2D eigenvalue weighted by atomic mass is 9.78. The molecule has 0 spiro atoms. The number of rotatable bonds is 5. The van der Waals surface area contributed by atoms with Gasteiger partial charge in [0.1, 0.15) is 11.4 Å². The van der Waals surface area contributed by atoms with Gasteiger partial charge in [0.05, 0.1) is 46.2 Å². The zero-order chi connectivity index (χ0) is 25.4. The Hall–Kier alpha value is -4.41. The lowest BCUT2D eigenvalue weighted by molar-refractivity contribution is -0.0875. The van der Waals surface area contributed by atoms with Gasteiger partial charge in [-0.05, 0) is 44.0 Å². The summed E-state index contributed by atoms with van der Waals surface area (Å²) < 4.78 is 14.3. The summed E-state index contributed by atoms with van der Waals surface area (Å²) in [6, 6.07) is 21.2. The maximum absolute atomic E-state index is 11.6. The van der Waals surface area contributed by atoms with Crippen LogP contribution in [0.15, 0.2) is 66.9 Å². The number of nitrogens with zero attached hydrogens (tertiary/aromatic N) is 2. The number of H-pyrrole nitrogens is 1. The van der Waals surface area contributed by atoms with Crippen LogP contribution in [-0.2, 0) is 15.9 Å². The predicted molar refractivity (Wildman–Crippen MR) is 139 cm³/mol. The van der Waals surface area contributed by atoms with Crippen molar-refractivity contribution in [3.05, 3.63) is 83.6 Å². The molecule has 2 aliphatic rings. The third kappa shape index (κ3) is 2.90. The first-order valence-electron chi connectivity index (χ1n) is 12.4. The molecule has 2 bridgehead atoms. The Morgan fingerprint density at radius 1 is 1.00 bits per heavy atom. The van der Waals surface area contributed by atoms with Crippen molar-refractivity contribution in [1.82, 2.24) is 9.55 Å². The molecule has 2 aromatic heterocycles. The van der Waals surface area contributed by atoms with E-state index in [0.29, 0.717) is 35.4 Å². The van der Waals surface area contributed by atoms with E-state index in [2.05, 4.69) is 11.1 Å². The molecule has 4 heterocycles. The van der Waals surface area contributed by atoms with E-state index in [1.54, 1.807) is 12.1 Å². The summed E-state index contributed by atoms with van der Waals surface area (Å²) in [5, 5.41) is 35.3. The lowest BCUT2D eigenvalue weighted by Crippen LogP contribution is -2.25. The minimum Gasteiger partial charge on any atom is -0.494 e. The van der Waals surface area contributed by atoms with E-state index in [4.69, 9.17) is 9.47 Å². The van der Waals surface area contributed by atoms with Crippen molar-refractivity contribution in [2.24, 2.45) is 0 Å². The van der Waals surface area contributed by atoms with Gasteiger partial charge in [0.25, 0.3) is 0 Å². The first-order chi connectivity index (χ1) is 18.0. The SMILES string of the molecule is C[C@@]12CC[C@@](CCOc3cccc4cc[nH]c34)(O1)c1c2c(O)n(-c2ccc(C#N)c3ccccc23)c1O. The van der Waals surface area contributed by atoms with E-state index in [9.17, 15) is 15.5 Å². The standard InChI is InChI=1S/C30H25N3O4/c1-29-12-13-30(37-29,14-16-36-23-8-4-5-18-11-15-32-26(18)23)25-24(29)27(34)33(28(25)35)22-10-9-19(17-31)20-6-2-3-7-21(20)22/h2-11,15,32,34-35H,12-14,16H2,1H3/t29-,30-/m0/s1. The predicted octanol–water partition coefficient (Wildman–Crippen LogP) is 6.10. The Labute approximate surface area is 213 Å². The largest absolute Gasteiger partial charge is 0.494 e. The number of nitrogens with one attached hydrogen (secondary N) is 1. The Morgan fingerprint density at radius 2 is 1.81 bits per heavy atom. The number of aromatic hydroxyl groups is 2. The average Bonchev–Trinajstić information content (AvgIpc) is 3.64.